The summed E-state index contributed by atoms with van der Waals surface area (Å²) in [6.45, 7) is 0. The molecule has 0 bridgehead atoms. The second-order valence-electron chi connectivity index (χ2n) is 7.32. The van der Waals surface area contributed by atoms with Crippen LogP contribution >= 0.6 is 11.6 Å². The van der Waals surface area contributed by atoms with Crippen molar-refractivity contribution >= 4 is 44.1 Å². The van der Waals surface area contributed by atoms with Gasteiger partial charge in [-0.25, -0.2) is 13.1 Å². The molecule has 6 nitrogen and oxygen atoms in total. The van der Waals surface area contributed by atoms with Crippen molar-refractivity contribution in [3.05, 3.63) is 59.2 Å². The first-order valence-electron chi connectivity index (χ1n) is 9.63. The number of halogens is 1. The van der Waals surface area contributed by atoms with Crippen molar-refractivity contribution in [1.29, 1.82) is 0 Å². The summed E-state index contributed by atoms with van der Waals surface area (Å²) in [5.74, 6) is -0.326. The van der Waals surface area contributed by atoms with E-state index in [-0.39, 0.29) is 16.8 Å². The van der Waals surface area contributed by atoms with Gasteiger partial charge in [-0.15, -0.1) is 0 Å². The highest BCUT2D eigenvalue weighted by Gasteiger charge is 2.22. The Balaban J connectivity index is 1.45. The lowest BCUT2D eigenvalue weighted by Gasteiger charge is -2.22. The maximum Gasteiger partial charge on any atom is 0.272 e. The fourth-order valence-electron chi connectivity index (χ4n) is 3.67. The monoisotopic (exact) mass is 431 g/mol. The van der Waals surface area contributed by atoms with E-state index in [2.05, 4.69) is 15.0 Å². The second kappa shape index (κ2) is 8.18. The zero-order valence-corrected chi connectivity index (χ0v) is 17.3. The molecule has 1 saturated carbocycles. The number of hydrogen-bond donors (Lipinski definition) is 3. The van der Waals surface area contributed by atoms with E-state index in [9.17, 15) is 13.2 Å². The largest absolute Gasteiger partial charge is 0.349 e. The van der Waals surface area contributed by atoms with E-state index in [0.29, 0.717) is 21.9 Å². The third-order valence-corrected chi connectivity index (χ3v) is 7.05. The van der Waals surface area contributed by atoms with Gasteiger partial charge in [0.25, 0.3) is 5.91 Å². The summed E-state index contributed by atoms with van der Waals surface area (Å²) < 4.78 is 27.9. The molecule has 1 aliphatic carbocycles. The summed E-state index contributed by atoms with van der Waals surface area (Å²) >= 11 is 6.14. The summed E-state index contributed by atoms with van der Waals surface area (Å²) in [6.07, 6.45) is 5.02. The Kier molecular flexibility index (Phi) is 5.63. The number of amides is 1. The first kappa shape index (κ1) is 19.9. The zero-order valence-electron chi connectivity index (χ0n) is 15.7. The molecule has 152 valence electrons. The number of rotatable bonds is 5. The first-order valence-corrected chi connectivity index (χ1v) is 11.5. The molecule has 29 heavy (non-hydrogen) atoms. The molecule has 0 spiro atoms. The van der Waals surface area contributed by atoms with Gasteiger partial charge in [-0.05, 0) is 49.2 Å². The Morgan fingerprint density at radius 1 is 1.03 bits per heavy atom. The lowest BCUT2D eigenvalue weighted by Crippen LogP contribution is -2.36. The smallest absolute Gasteiger partial charge is 0.272 e. The number of H-pyrrole nitrogens is 1. The van der Waals surface area contributed by atoms with Crippen LogP contribution in [0, 0.1) is 0 Å². The number of aromatic nitrogens is 1. The molecule has 1 heterocycles. The maximum absolute atomic E-state index is 12.6. The molecular formula is C21H22ClN3O3S. The molecule has 0 atom stereocenters. The molecule has 1 aromatic heterocycles. The summed E-state index contributed by atoms with van der Waals surface area (Å²) in [5, 5.41) is 4.16. The lowest BCUT2D eigenvalue weighted by atomic mass is 9.96. The van der Waals surface area contributed by atoms with Crippen molar-refractivity contribution < 1.29 is 13.2 Å². The van der Waals surface area contributed by atoms with Crippen molar-refractivity contribution in [2.45, 2.75) is 43.0 Å². The topological polar surface area (TPSA) is 91.1 Å². The Morgan fingerprint density at radius 2 is 1.76 bits per heavy atom. The second-order valence-corrected chi connectivity index (χ2v) is 9.44. The lowest BCUT2D eigenvalue weighted by molar-refractivity contribution is 0.102. The number of benzene rings is 2. The summed E-state index contributed by atoms with van der Waals surface area (Å²) in [6, 6.07) is 13.3. The molecule has 0 aliphatic heterocycles. The molecule has 4 rings (SSSR count). The third-order valence-electron chi connectivity index (χ3n) is 5.20. The summed E-state index contributed by atoms with van der Waals surface area (Å²) in [4.78, 5) is 15.7. The number of aromatic amines is 1. The highest BCUT2D eigenvalue weighted by Crippen LogP contribution is 2.24. The predicted molar refractivity (Wildman–Crippen MR) is 115 cm³/mol. The van der Waals surface area contributed by atoms with Crippen LogP contribution in [0.25, 0.3) is 10.9 Å². The van der Waals surface area contributed by atoms with Crippen molar-refractivity contribution in [3.63, 3.8) is 0 Å². The van der Waals surface area contributed by atoms with Gasteiger partial charge in [-0.3, -0.25) is 4.79 Å². The Morgan fingerprint density at radius 3 is 2.45 bits per heavy atom. The molecule has 0 radical (unpaired) electrons. The van der Waals surface area contributed by atoms with Crippen molar-refractivity contribution in [2.24, 2.45) is 0 Å². The standard InChI is InChI=1S/C21H22ClN3O3S/c22-18-8-4-5-14-13-19(24-20(14)18)21(26)23-15-9-11-17(12-10-15)29(27,28)25-16-6-2-1-3-7-16/h4-5,8-13,16,24-25H,1-3,6-7H2,(H,23,26). The molecule has 3 aromatic rings. The normalized spacial score (nSPS) is 15.5. The van der Waals surface area contributed by atoms with Crippen LogP contribution in [-0.4, -0.2) is 25.4 Å². The van der Waals surface area contributed by atoms with E-state index >= 15 is 0 Å². The van der Waals surface area contributed by atoms with Crippen LogP contribution in [0.15, 0.2) is 53.4 Å². The van der Waals surface area contributed by atoms with E-state index in [1.165, 1.54) is 12.1 Å². The Labute approximate surface area is 174 Å². The number of hydrogen-bond acceptors (Lipinski definition) is 3. The van der Waals surface area contributed by atoms with Gasteiger partial charge < -0.3 is 10.3 Å². The summed E-state index contributed by atoms with van der Waals surface area (Å²) in [7, 11) is -3.56. The molecule has 1 fully saturated rings. The maximum atomic E-state index is 12.6. The minimum absolute atomic E-state index is 0.00182. The minimum Gasteiger partial charge on any atom is -0.349 e. The predicted octanol–water partition coefficient (Wildman–Crippen LogP) is 4.68. The van der Waals surface area contributed by atoms with E-state index in [0.717, 1.165) is 37.5 Å². The molecule has 1 aliphatic rings. The van der Waals surface area contributed by atoms with Gasteiger partial charge in [-0.2, -0.15) is 0 Å². The molecular weight excluding hydrogens is 410 g/mol. The van der Waals surface area contributed by atoms with Crippen LogP contribution < -0.4 is 10.0 Å². The highest BCUT2D eigenvalue weighted by atomic mass is 35.5. The molecule has 3 N–H and O–H groups in total. The number of carbonyl (C=O) groups is 1. The average Bonchev–Trinajstić information content (AvgIpc) is 3.15. The van der Waals surface area contributed by atoms with Gasteiger partial charge in [-0.1, -0.05) is 43.0 Å². The van der Waals surface area contributed by atoms with Crippen LogP contribution in [0.2, 0.25) is 5.02 Å². The van der Waals surface area contributed by atoms with Crippen LogP contribution in [0.3, 0.4) is 0 Å². The van der Waals surface area contributed by atoms with E-state index in [1.807, 2.05) is 12.1 Å². The molecule has 0 unspecified atom stereocenters. The fourth-order valence-corrected chi connectivity index (χ4v) is 5.20. The van der Waals surface area contributed by atoms with Crippen LogP contribution in [0.5, 0.6) is 0 Å². The fraction of sp³-hybridized carbons (Fsp3) is 0.286. The quantitative estimate of drug-likeness (QED) is 0.547. The molecule has 8 heteroatoms. The molecule has 0 saturated heterocycles. The van der Waals surface area contributed by atoms with E-state index in [1.54, 1.807) is 24.3 Å². The minimum atomic E-state index is -3.56. The van der Waals surface area contributed by atoms with Gasteiger partial charge in [0.1, 0.15) is 5.69 Å². The SMILES string of the molecule is O=C(Nc1ccc(S(=O)(=O)NC2CCCCC2)cc1)c1cc2cccc(Cl)c2[nH]1. The Hall–Kier alpha value is -2.35. The van der Waals surface area contributed by atoms with E-state index in [4.69, 9.17) is 11.6 Å². The van der Waals surface area contributed by atoms with Gasteiger partial charge in [0, 0.05) is 17.1 Å². The first-order chi connectivity index (χ1) is 13.9. The summed E-state index contributed by atoms with van der Waals surface area (Å²) in [5.41, 5.74) is 1.59. The van der Waals surface area contributed by atoms with Gasteiger partial charge in [0.05, 0.1) is 15.4 Å². The van der Waals surface area contributed by atoms with Crippen LogP contribution in [0.4, 0.5) is 5.69 Å². The highest BCUT2D eigenvalue weighted by molar-refractivity contribution is 7.89. The number of fused-ring (bicyclic) bond motifs is 1. The zero-order chi connectivity index (χ0) is 20.4. The van der Waals surface area contributed by atoms with Gasteiger partial charge in [0.15, 0.2) is 0 Å². The van der Waals surface area contributed by atoms with Crippen molar-refractivity contribution in [3.8, 4) is 0 Å². The van der Waals surface area contributed by atoms with Gasteiger partial charge >= 0.3 is 0 Å². The number of nitrogens with one attached hydrogen (secondary N) is 3. The van der Waals surface area contributed by atoms with Gasteiger partial charge in [0.2, 0.25) is 10.0 Å². The third kappa shape index (κ3) is 4.47. The van der Waals surface area contributed by atoms with Crippen molar-refractivity contribution in [1.82, 2.24) is 9.71 Å². The van der Waals surface area contributed by atoms with E-state index < -0.39 is 10.0 Å². The Bertz CT molecular complexity index is 1130. The van der Waals surface area contributed by atoms with Crippen molar-refractivity contribution in [2.75, 3.05) is 5.32 Å². The number of para-hydroxylation sites is 1. The average molecular weight is 432 g/mol. The molecule has 2 aromatic carbocycles. The number of sulfonamides is 1. The number of anilines is 1. The van der Waals surface area contributed by atoms with Crippen LogP contribution in [0.1, 0.15) is 42.6 Å². The molecule has 1 amide bonds. The number of carbonyl (C=O) groups excluding carboxylic acids is 1. The van der Waals surface area contributed by atoms with Crippen LogP contribution in [-0.2, 0) is 10.0 Å².